The van der Waals surface area contributed by atoms with E-state index in [0.29, 0.717) is 42.0 Å². The molecule has 4 aliphatic carbocycles. The minimum atomic E-state index is -0.451. The van der Waals surface area contributed by atoms with Gasteiger partial charge in [-0.2, -0.15) is 0 Å². The molecule has 4 aliphatic rings. The summed E-state index contributed by atoms with van der Waals surface area (Å²) in [5.74, 6) is 3.56. The standard InChI is InChI=1S/C32H52O4/c1-4-5-6-7-8-9-10-11-12-13-20-35-31(34)36-29-17-16-28-30-23(2)21-24-22-25(33)14-15-26(24)27(30)18-19-32(28,29)3/h22-23,26-30H,4-21H2,1-3H3/t23-,26?,27?,28?,29+,30?,32+/m1/s1. The molecule has 0 aromatic carbocycles. The molecule has 0 aromatic heterocycles. The van der Waals surface area contributed by atoms with Crippen molar-refractivity contribution in [3.05, 3.63) is 11.6 Å². The van der Waals surface area contributed by atoms with Crippen molar-refractivity contribution in [2.75, 3.05) is 6.61 Å². The third kappa shape index (κ3) is 6.38. The van der Waals surface area contributed by atoms with E-state index in [1.165, 1.54) is 63.4 Å². The van der Waals surface area contributed by atoms with Gasteiger partial charge in [0.05, 0.1) is 6.61 Å². The molecule has 0 bridgehead atoms. The SMILES string of the molecule is CCCCCCCCCCCCOC(=O)O[C@H]1CCC2C3C(CC[C@@]21C)C1CCC(=O)C=C1C[C@H]3C. The zero-order valence-corrected chi connectivity index (χ0v) is 23.4. The van der Waals surface area contributed by atoms with Crippen molar-refractivity contribution in [3.63, 3.8) is 0 Å². The fraction of sp³-hybridized carbons (Fsp3) is 0.875. The largest absolute Gasteiger partial charge is 0.508 e. The van der Waals surface area contributed by atoms with E-state index >= 15 is 0 Å². The predicted molar refractivity (Wildman–Crippen MR) is 145 cm³/mol. The van der Waals surface area contributed by atoms with Crippen LogP contribution in [0.4, 0.5) is 4.79 Å². The van der Waals surface area contributed by atoms with Gasteiger partial charge in [-0.25, -0.2) is 4.79 Å². The topological polar surface area (TPSA) is 52.6 Å². The second-order valence-electron chi connectivity index (χ2n) is 12.9. The van der Waals surface area contributed by atoms with Gasteiger partial charge in [0.15, 0.2) is 5.78 Å². The summed E-state index contributed by atoms with van der Waals surface area (Å²) in [6.07, 6.45) is 21.6. The number of unbranched alkanes of at least 4 members (excludes halogenated alkanes) is 9. The lowest BCUT2D eigenvalue weighted by molar-refractivity contribution is -0.116. The van der Waals surface area contributed by atoms with Gasteiger partial charge >= 0.3 is 6.16 Å². The Hall–Kier alpha value is -1.32. The number of ketones is 1. The number of fused-ring (bicyclic) bond motifs is 5. The van der Waals surface area contributed by atoms with Crippen molar-refractivity contribution in [1.29, 1.82) is 0 Å². The average Bonchev–Trinajstić information content (AvgIpc) is 3.18. The summed E-state index contributed by atoms with van der Waals surface area (Å²) in [7, 11) is 0. The Morgan fingerprint density at radius 1 is 0.972 bits per heavy atom. The smallest absolute Gasteiger partial charge is 0.434 e. The highest BCUT2D eigenvalue weighted by molar-refractivity contribution is 5.91. The Morgan fingerprint density at radius 3 is 2.39 bits per heavy atom. The third-order valence-electron chi connectivity index (χ3n) is 10.5. The lowest BCUT2D eigenvalue weighted by Gasteiger charge is -2.55. The molecule has 4 heteroatoms. The second kappa shape index (κ2) is 13.0. The van der Waals surface area contributed by atoms with Crippen LogP contribution in [0, 0.1) is 35.0 Å². The van der Waals surface area contributed by atoms with Crippen LogP contribution in [-0.4, -0.2) is 24.6 Å². The summed E-state index contributed by atoms with van der Waals surface area (Å²) in [4.78, 5) is 24.6. The highest BCUT2D eigenvalue weighted by Gasteiger charge is 2.59. The molecule has 36 heavy (non-hydrogen) atoms. The van der Waals surface area contributed by atoms with E-state index < -0.39 is 6.16 Å². The minimum Gasteiger partial charge on any atom is -0.434 e. The molecule has 3 fully saturated rings. The van der Waals surface area contributed by atoms with Gasteiger partial charge in [0.1, 0.15) is 6.10 Å². The Bertz CT molecular complexity index is 772. The quantitative estimate of drug-likeness (QED) is 0.198. The number of hydrogen-bond acceptors (Lipinski definition) is 4. The molecule has 0 heterocycles. The summed E-state index contributed by atoms with van der Waals surface area (Å²) < 4.78 is 11.5. The van der Waals surface area contributed by atoms with E-state index in [-0.39, 0.29) is 11.5 Å². The first-order valence-electron chi connectivity index (χ1n) is 15.5. The van der Waals surface area contributed by atoms with Crippen LogP contribution in [0.25, 0.3) is 0 Å². The molecule has 4 rings (SSSR count). The molecule has 0 radical (unpaired) electrons. The van der Waals surface area contributed by atoms with Gasteiger partial charge in [-0.05, 0) is 80.6 Å². The van der Waals surface area contributed by atoms with Gasteiger partial charge in [-0.3, -0.25) is 4.79 Å². The minimum absolute atomic E-state index is 0.0132. The van der Waals surface area contributed by atoms with Crippen LogP contribution < -0.4 is 0 Å². The van der Waals surface area contributed by atoms with Crippen LogP contribution in [0.3, 0.4) is 0 Å². The van der Waals surface area contributed by atoms with Crippen LogP contribution in [-0.2, 0) is 14.3 Å². The van der Waals surface area contributed by atoms with Crippen LogP contribution in [0.15, 0.2) is 11.6 Å². The number of carbonyl (C=O) groups excluding carboxylic acids is 2. The maximum atomic E-state index is 12.6. The molecule has 0 aliphatic heterocycles. The van der Waals surface area contributed by atoms with E-state index in [4.69, 9.17) is 9.47 Å². The summed E-state index contributed by atoms with van der Waals surface area (Å²) in [5.41, 5.74) is 1.50. The number of rotatable bonds is 12. The van der Waals surface area contributed by atoms with Gasteiger partial charge in [0, 0.05) is 11.8 Å². The molecule has 7 atom stereocenters. The fourth-order valence-electron chi connectivity index (χ4n) is 8.63. The van der Waals surface area contributed by atoms with Crippen molar-refractivity contribution in [2.24, 2.45) is 35.0 Å². The zero-order chi connectivity index (χ0) is 25.5. The third-order valence-corrected chi connectivity index (χ3v) is 10.5. The second-order valence-corrected chi connectivity index (χ2v) is 12.9. The normalized spacial score (nSPS) is 35.4. The molecule has 204 valence electrons. The lowest BCUT2D eigenvalue weighted by atomic mass is 9.49. The molecule has 0 saturated heterocycles. The average molecular weight is 501 g/mol. The van der Waals surface area contributed by atoms with Gasteiger partial charge < -0.3 is 9.47 Å². The van der Waals surface area contributed by atoms with Crippen LogP contribution in [0.2, 0.25) is 0 Å². The van der Waals surface area contributed by atoms with Gasteiger partial charge in [0.25, 0.3) is 0 Å². The Labute approximate surface area is 220 Å². The molecule has 0 spiro atoms. The van der Waals surface area contributed by atoms with Crippen LogP contribution in [0.5, 0.6) is 0 Å². The van der Waals surface area contributed by atoms with Crippen LogP contribution >= 0.6 is 0 Å². The Kier molecular flexibility index (Phi) is 9.98. The number of carbonyl (C=O) groups is 2. The van der Waals surface area contributed by atoms with Crippen molar-refractivity contribution in [1.82, 2.24) is 0 Å². The van der Waals surface area contributed by atoms with E-state index in [1.54, 1.807) is 0 Å². The molecule has 0 amide bonds. The number of allylic oxidation sites excluding steroid dienone is 1. The molecule has 0 aromatic rings. The van der Waals surface area contributed by atoms with Crippen molar-refractivity contribution in [2.45, 2.75) is 136 Å². The number of ether oxygens (including phenoxy) is 2. The van der Waals surface area contributed by atoms with Crippen LogP contribution in [0.1, 0.15) is 130 Å². The lowest BCUT2D eigenvalue weighted by Crippen LogP contribution is -2.50. The summed E-state index contributed by atoms with van der Waals surface area (Å²) in [5, 5.41) is 0. The molecule has 3 saturated carbocycles. The Morgan fingerprint density at radius 2 is 1.67 bits per heavy atom. The van der Waals surface area contributed by atoms with E-state index in [0.717, 1.165) is 51.4 Å². The summed E-state index contributed by atoms with van der Waals surface area (Å²) in [6, 6.07) is 0. The van der Waals surface area contributed by atoms with Gasteiger partial charge in [-0.15, -0.1) is 0 Å². The highest BCUT2D eigenvalue weighted by atomic mass is 16.7. The van der Waals surface area contributed by atoms with E-state index in [2.05, 4.69) is 20.8 Å². The van der Waals surface area contributed by atoms with Gasteiger partial charge in [-0.1, -0.05) is 84.1 Å². The van der Waals surface area contributed by atoms with E-state index in [1.807, 2.05) is 6.08 Å². The van der Waals surface area contributed by atoms with E-state index in [9.17, 15) is 9.59 Å². The molecule has 0 N–H and O–H groups in total. The summed E-state index contributed by atoms with van der Waals surface area (Å²) >= 11 is 0. The summed E-state index contributed by atoms with van der Waals surface area (Å²) in [6.45, 7) is 7.52. The molecule has 4 nitrogen and oxygen atoms in total. The molecule has 4 unspecified atom stereocenters. The maximum Gasteiger partial charge on any atom is 0.508 e. The first-order chi connectivity index (χ1) is 17.4. The van der Waals surface area contributed by atoms with Crippen molar-refractivity contribution in [3.8, 4) is 0 Å². The van der Waals surface area contributed by atoms with Gasteiger partial charge in [0.2, 0.25) is 0 Å². The molecular weight excluding hydrogens is 448 g/mol. The predicted octanol–water partition coefficient (Wildman–Crippen LogP) is 8.82. The maximum absolute atomic E-state index is 12.6. The number of hydrogen-bond donors (Lipinski definition) is 0. The first kappa shape index (κ1) is 27.7. The monoisotopic (exact) mass is 500 g/mol. The van der Waals surface area contributed by atoms with Crippen molar-refractivity contribution >= 4 is 11.9 Å². The fourth-order valence-corrected chi connectivity index (χ4v) is 8.63. The van der Waals surface area contributed by atoms with Crippen molar-refractivity contribution < 1.29 is 19.1 Å². The highest BCUT2D eigenvalue weighted by Crippen LogP contribution is 2.63. The zero-order valence-electron chi connectivity index (χ0n) is 23.4. The Balaban J connectivity index is 1.18. The first-order valence-corrected chi connectivity index (χ1v) is 15.5. The molecular formula is C32H52O4.